The minimum atomic E-state index is -1.57. The Kier molecular flexibility index (Phi) is 5.35. The molecule has 0 aromatic heterocycles. The molecule has 0 aliphatic carbocycles. The molecule has 9 nitrogen and oxygen atoms in total. The average molecular weight is 351 g/mol. The van der Waals surface area contributed by atoms with E-state index < -0.39 is 36.1 Å². The summed E-state index contributed by atoms with van der Waals surface area (Å²) in [6, 6.07) is 3.98. The van der Waals surface area contributed by atoms with Gasteiger partial charge in [0.15, 0.2) is 0 Å². The Bertz CT molecular complexity index is 709. The van der Waals surface area contributed by atoms with Crippen molar-refractivity contribution in [3.8, 4) is 0 Å². The maximum absolute atomic E-state index is 12.6. The maximum Gasteiger partial charge on any atom is 0.317 e. The van der Waals surface area contributed by atoms with Gasteiger partial charge in [0.25, 0.3) is 4.92 Å². The second kappa shape index (κ2) is 7.29. The highest BCUT2D eigenvalue weighted by atomic mass is 16.6. The number of nitrogens with one attached hydrogen (secondary N) is 1. The number of anilines is 1. The maximum atomic E-state index is 12.6. The first kappa shape index (κ1) is 18.4. The molecule has 1 amide bonds. The zero-order valence-corrected chi connectivity index (χ0v) is 13.9. The summed E-state index contributed by atoms with van der Waals surface area (Å²) in [4.78, 5) is 47.5. The van der Waals surface area contributed by atoms with Crippen LogP contribution >= 0.6 is 0 Å². The fourth-order valence-corrected chi connectivity index (χ4v) is 2.85. The highest BCUT2D eigenvalue weighted by Gasteiger charge is 2.51. The molecule has 1 heterocycles. The quantitative estimate of drug-likeness (QED) is 0.565. The number of fused-ring (bicyclic) bond motifs is 1. The van der Waals surface area contributed by atoms with Crippen molar-refractivity contribution in [1.82, 2.24) is 0 Å². The van der Waals surface area contributed by atoms with Crippen molar-refractivity contribution in [1.29, 1.82) is 0 Å². The van der Waals surface area contributed by atoms with Gasteiger partial charge < -0.3 is 14.8 Å². The fourth-order valence-electron chi connectivity index (χ4n) is 2.85. The SMILES string of the molecule is CCOC(=O)CC1(CC(=O)OCC)C(=O)Nc2ccc([N+](=O)O)cc21. The monoisotopic (exact) mass is 351 g/mol. The number of nitrogens with zero attached hydrogens (tertiary/aromatic N) is 1. The number of ether oxygens (including phenoxy) is 2. The number of rotatable bonds is 7. The van der Waals surface area contributed by atoms with Gasteiger partial charge in [-0.25, -0.2) is 5.21 Å². The van der Waals surface area contributed by atoms with Crippen molar-refractivity contribution in [2.75, 3.05) is 18.5 Å². The fraction of sp³-hybridized carbons (Fsp3) is 0.438. The summed E-state index contributed by atoms with van der Waals surface area (Å²) in [5, 5.41) is 11.7. The predicted molar refractivity (Wildman–Crippen MR) is 84.3 cm³/mol. The van der Waals surface area contributed by atoms with Gasteiger partial charge in [-0.05, 0) is 25.5 Å². The van der Waals surface area contributed by atoms with Crippen molar-refractivity contribution < 1.29 is 34.0 Å². The molecule has 0 atom stereocenters. The van der Waals surface area contributed by atoms with Gasteiger partial charge in [0.05, 0.1) is 36.4 Å². The largest absolute Gasteiger partial charge is 0.466 e. The molecule has 1 aromatic carbocycles. The third-order valence-corrected chi connectivity index (χ3v) is 3.93. The number of amides is 1. The van der Waals surface area contributed by atoms with E-state index in [1.807, 2.05) is 0 Å². The number of hydrogen-bond donors (Lipinski definition) is 2. The highest BCUT2D eigenvalue weighted by molar-refractivity contribution is 6.10. The van der Waals surface area contributed by atoms with E-state index >= 15 is 0 Å². The summed E-state index contributed by atoms with van der Waals surface area (Å²) in [5.74, 6) is -1.90. The molecule has 25 heavy (non-hydrogen) atoms. The third-order valence-electron chi connectivity index (χ3n) is 3.93. The molecule has 0 saturated carbocycles. The molecule has 1 aromatic rings. The molecule has 9 heteroatoms. The van der Waals surface area contributed by atoms with Crippen molar-refractivity contribution in [3.63, 3.8) is 0 Å². The first-order valence-corrected chi connectivity index (χ1v) is 7.77. The molecule has 0 saturated heterocycles. The lowest BCUT2D eigenvalue weighted by Gasteiger charge is -2.25. The summed E-state index contributed by atoms with van der Waals surface area (Å²) in [6.07, 6.45) is -0.793. The van der Waals surface area contributed by atoms with Gasteiger partial charge in [-0.3, -0.25) is 14.4 Å². The topological polar surface area (TPSA) is 122 Å². The van der Waals surface area contributed by atoms with Crippen LogP contribution in [0.2, 0.25) is 0 Å². The van der Waals surface area contributed by atoms with E-state index in [0.717, 1.165) is 0 Å². The van der Waals surface area contributed by atoms with Crippen LogP contribution in [0, 0.1) is 4.91 Å². The van der Waals surface area contributed by atoms with Crippen LogP contribution in [0.15, 0.2) is 18.2 Å². The molecule has 0 spiro atoms. The van der Waals surface area contributed by atoms with E-state index in [-0.39, 0.29) is 29.4 Å². The van der Waals surface area contributed by atoms with E-state index in [0.29, 0.717) is 5.69 Å². The number of carbonyl (C=O) groups is 3. The number of hydrogen-bond acceptors (Lipinski definition) is 6. The summed E-state index contributed by atoms with van der Waals surface area (Å²) in [7, 11) is 0. The zero-order chi connectivity index (χ0) is 18.6. The van der Waals surface area contributed by atoms with Gasteiger partial charge in [0.2, 0.25) is 5.91 Å². The van der Waals surface area contributed by atoms with E-state index in [9.17, 15) is 19.3 Å². The molecular weight excluding hydrogens is 332 g/mol. The van der Waals surface area contributed by atoms with Crippen molar-refractivity contribution in [2.24, 2.45) is 0 Å². The zero-order valence-electron chi connectivity index (χ0n) is 13.9. The molecule has 0 bridgehead atoms. The van der Waals surface area contributed by atoms with E-state index in [1.54, 1.807) is 13.8 Å². The van der Waals surface area contributed by atoms with Crippen LogP contribution in [0.3, 0.4) is 0 Å². The van der Waals surface area contributed by atoms with Crippen molar-refractivity contribution in [3.05, 3.63) is 28.7 Å². The molecular formula is C16H19N2O7+. The summed E-state index contributed by atoms with van der Waals surface area (Å²) >= 11 is 0. The molecule has 0 unspecified atom stereocenters. The van der Waals surface area contributed by atoms with Gasteiger partial charge in [-0.2, -0.15) is 0 Å². The second-order valence-electron chi connectivity index (χ2n) is 5.50. The Balaban J connectivity index is 2.52. The van der Waals surface area contributed by atoms with Crippen molar-refractivity contribution >= 4 is 29.2 Å². The van der Waals surface area contributed by atoms with Gasteiger partial charge in [-0.15, -0.1) is 0 Å². The molecule has 1 aliphatic heterocycles. The lowest BCUT2D eigenvalue weighted by molar-refractivity contribution is -0.729. The summed E-state index contributed by atoms with van der Waals surface area (Å²) in [5.41, 5.74) is -1.10. The highest BCUT2D eigenvalue weighted by Crippen LogP contribution is 2.44. The lowest BCUT2D eigenvalue weighted by Crippen LogP contribution is -2.40. The van der Waals surface area contributed by atoms with Crippen LogP contribution in [-0.2, 0) is 29.3 Å². The predicted octanol–water partition coefficient (Wildman–Crippen LogP) is 1.58. The third kappa shape index (κ3) is 3.59. The smallest absolute Gasteiger partial charge is 0.317 e. The number of esters is 2. The van der Waals surface area contributed by atoms with Crippen molar-refractivity contribution in [2.45, 2.75) is 32.1 Å². The van der Waals surface area contributed by atoms with Crippen LogP contribution < -0.4 is 5.32 Å². The molecule has 134 valence electrons. The Morgan fingerprint density at radius 3 is 2.20 bits per heavy atom. The molecule has 0 fully saturated rings. The first-order chi connectivity index (χ1) is 11.8. The Morgan fingerprint density at radius 2 is 1.72 bits per heavy atom. The Labute approximate surface area is 143 Å². The molecule has 1 aliphatic rings. The summed E-state index contributed by atoms with van der Waals surface area (Å²) in [6.45, 7) is 3.48. The van der Waals surface area contributed by atoms with E-state index in [4.69, 9.17) is 14.7 Å². The van der Waals surface area contributed by atoms with E-state index in [1.165, 1.54) is 18.2 Å². The minimum absolute atomic E-state index is 0.119. The first-order valence-electron chi connectivity index (χ1n) is 7.77. The normalized spacial score (nSPS) is 14.4. The molecule has 2 rings (SSSR count). The standard InChI is InChI=1S/C16H18N2O7/c1-3-24-13(19)8-16(9-14(20)25-4-2)11-7-10(18(22)23)5-6-12(11)17-15(16)21/h5-7H,3-4,8-9H2,1-2H3,(H-,17,21,22,23)/p+1. The van der Waals surface area contributed by atoms with Gasteiger partial charge in [-0.1, -0.05) is 0 Å². The van der Waals surface area contributed by atoms with E-state index in [2.05, 4.69) is 5.32 Å². The van der Waals surface area contributed by atoms with Gasteiger partial charge in [0.1, 0.15) is 0 Å². The Morgan fingerprint density at radius 1 is 1.16 bits per heavy atom. The Hall–Kier alpha value is -2.97. The van der Waals surface area contributed by atoms with Crippen LogP contribution in [0.1, 0.15) is 32.3 Å². The number of benzene rings is 1. The summed E-state index contributed by atoms with van der Waals surface area (Å²) < 4.78 is 9.84. The number of carbonyl (C=O) groups excluding carboxylic acids is 3. The van der Waals surface area contributed by atoms with Gasteiger partial charge >= 0.3 is 17.6 Å². The van der Waals surface area contributed by atoms with Gasteiger partial charge in [0, 0.05) is 17.8 Å². The van der Waals surface area contributed by atoms with Crippen LogP contribution in [0.5, 0.6) is 0 Å². The minimum Gasteiger partial charge on any atom is -0.466 e. The van der Waals surface area contributed by atoms with Crippen LogP contribution in [0.25, 0.3) is 0 Å². The van der Waals surface area contributed by atoms with Crippen LogP contribution in [0.4, 0.5) is 11.4 Å². The second-order valence-corrected chi connectivity index (χ2v) is 5.50. The lowest BCUT2D eigenvalue weighted by atomic mass is 9.75. The van der Waals surface area contributed by atoms with Crippen LogP contribution in [-0.4, -0.2) is 41.2 Å². The average Bonchev–Trinajstić information content (AvgIpc) is 2.79. The molecule has 0 radical (unpaired) electrons. The molecule has 2 N–H and O–H groups in total.